The average Bonchev–Trinajstić information content (AvgIpc) is 2.69. The molecule has 0 radical (unpaired) electrons. The Hall–Kier alpha value is -1.30. The summed E-state index contributed by atoms with van der Waals surface area (Å²) in [5.74, 6) is 0.973. The van der Waals surface area contributed by atoms with Crippen LogP contribution in [-0.4, -0.2) is 12.6 Å². The van der Waals surface area contributed by atoms with Crippen LogP contribution in [0.25, 0.3) is 0 Å². The summed E-state index contributed by atoms with van der Waals surface area (Å²) in [7, 11) is 0. The number of rotatable bonds is 8. The molecule has 0 atom stereocenters. The molecule has 1 saturated carbocycles. The Bertz CT molecular complexity index is 796. The summed E-state index contributed by atoms with van der Waals surface area (Å²) >= 11 is 9.76. The molecule has 28 heavy (non-hydrogen) atoms. The molecule has 2 aromatic carbocycles. The van der Waals surface area contributed by atoms with Crippen molar-refractivity contribution in [2.24, 2.45) is 0 Å². The lowest BCUT2D eigenvalue weighted by atomic mass is 9.95. The van der Waals surface area contributed by atoms with E-state index in [1.165, 1.54) is 44.2 Å². The van der Waals surface area contributed by atoms with E-state index < -0.39 is 0 Å². The molecule has 152 valence electrons. The molecule has 1 aliphatic carbocycles. The minimum Gasteiger partial charge on any atom is -0.490 e. The smallest absolute Gasteiger partial charge is 0.162 e. The van der Waals surface area contributed by atoms with Crippen LogP contribution in [0.1, 0.15) is 50.2 Å². The summed E-state index contributed by atoms with van der Waals surface area (Å²) in [6.07, 6.45) is 6.45. The van der Waals surface area contributed by atoms with Gasteiger partial charge in [-0.15, -0.1) is 0 Å². The zero-order chi connectivity index (χ0) is 19.9. The minimum absolute atomic E-state index is 0.241. The maximum absolute atomic E-state index is 13.2. The molecule has 0 unspecified atom stereocenters. The van der Waals surface area contributed by atoms with E-state index in [0.29, 0.717) is 29.2 Å². The van der Waals surface area contributed by atoms with E-state index in [0.717, 1.165) is 22.1 Å². The van der Waals surface area contributed by atoms with Crippen molar-refractivity contribution in [3.8, 4) is 11.5 Å². The Morgan fingerprint density at radius 3 is 2.54 bits per heavy atom. The third-order valence-corrected chi connectivity index (χ3v) is 6.09. The molecule has 0 saturated heterocycles. The highest BCUT2D eigenvalue weighted by Gasteiger charge is 2.16. The first-order chi connectivity index (χ1) is 13.6. The highest BCUT2D eigenvalue weighted by Crippen LogP contribution is 2.35. The predicted octanol–water partition coefficient (Wildman–Crippen LogP) is 6.64. The van der Waals surface area contributed by atoms with Gasteiger partial charge >= 0.3 is 0 Å². The van der Waals surface area contributed by atoms with Gasteiger partial charge in [-0.2, -0.15) is 0 Å². The van der Waals surface area contributed by atoms with Gasteiger partial charge in [-0.3, -0.25) is 0 Å². The van der Waals surface area contributed by atoms with Crippen LogP contribution in [0.4, 0.5) is 4.39 Å². The maximum Gasteiger partial charge on any atom is 0.162 e. The molecular weight excluding hydrogens is 445 g/mol. The molecule has 0 aliphatic heterocycles. The summed E-state index contributed by atoms with van der Waals surface area (Å²) in [5, 5.41) is 4.01. The van der Waals surface area contributed by atoms with E-state index in [4.69, 9.17) is 21.1 Å². The van der Waals surface area contributed by atoms with E-state index in [2.05, 4.69) is 21.2 Å². The van der Waals surface area contributed by atoms with Crippen LogP contribution < -0.4 is 14.8 Å². The molecule has 0 aromatic heterocycles. The van der Waals surface area contributed by atoms with Crippen molar-refractivity contribution in [3.05, 3.63) is 56.8 Å². The standard InChI is InChI=1S/C22H26BrClFNO2/c1-2-27-21-10-16(13-26-18-6-4-3-5-7-18)19(23)12-22(21)28-14-15-8-9-17(25)11-20(15)24/h8-12,18,26H,2-7,13-14H2,1H3. The van der Waals surface area contributed by atoms with Crippen molar-refractivity contribution < 1.29 is 13.9 Å². The Labute approximate surface area is 179 Å². The summed E-state index contributed by atoms with van der Waals surface area (Å²) in [6.45, 7) is 3.52. The molecule has 6 heteroatoms. The zero-order valence-electron chi connectivity index (χ0n) is 16.1. The molecule has 3 rings (SSSR count). The van der Waals surface area contributed by atoms with Gasteiger partial charge in [0.1, 0.15) is 12.4 Å². The van der Waals surface area contributed by atoms with Gasteiger partial charge in [0.05, 0.1) is 11.6 Å². The summed E-state index contributed by atoms with van der Waals surface area (Å²) < 4.78 is 25.9. The molecule has 0 spiro atoms. The van der Waals surface area contributed by atoms with E-state index >= 15 is 0 Å². The summed E-state index contributed by atoms with van der Waals surface area (Å²) in [5.41, 5.74) is 1.87. The predicted molar refractivity (Wildman–Crippen MR) is 115 cm³/mol. The molecule has 1 fully saturated rings. The lowest BCUT2D eigenvalue weighted by Gasteiger charge is -2.23. The Morgan fingerprint density at radius 1 is 1.07 bits per heavy atom. The fourth-order valence-electron chi connectivity index (χ4n) is 3.45. The molecule has 1 N–H and O–H groups in total. The Morgan fingerprint density at radius 2 is 1.82 bits per heavy atom. The van der Waals surface area contributed by atoms with Crippen LogP contribution in [0.2, 0.25) is 5.02 Å². The second kappa shape index (κ2) is 10.5. The average molecular weight is 471 g/mol. The van der Waals surface area contributed by atoms with Crippen molar-refractivity contribution in [2.75, 3.05) is 6.61 Å². The monoisotopic (exact) mass is 469 g/mol. The van der Waals surface area contributed by atoms with Gasteiger partial charge in [-0.1, -0.05) is 52.9 Å². The van der Waals surface area contributed by atoms with Crippen LogP contribution in [0.5, 0.6) is 11.5 Å². The number of hydrogen-bond acceptors (Lipinski definition) is 3. The normalized spacial score (nSPS) is 14.9. The van der Waals surface area contributed by atoms with Gasteiger partial charge in [0.15, 0.2) is 11.5 Å². The van der Waals surface area contributed by atoms with Crippen molar-refractivity contribution in [3.63, 3.8) is 0 Å². The lowest BCUT2D eigenvalue weighted by Crippen LogP contribution is -2.30. The van der Waals surface area contributed by atoms with Crippen LogP contribution in [0.15, 0.2) is 34.8 Å². The first kappa shape index (κ1) is 21.4. The topological polar surface area (TPSA) is 30.5 Å². The summed E-state index contributed by atoms with van der Waals surface area (Å²) in [4.78, 5) is 0. The zero-order valence-corrected chi connectivity index (χ0v) is 18.4. The molecule has 1 aliphatic rings. The maximum atomic E-state index is 13.2. The highest BCUT2D eigenvalue weighted by molar-refractivity contribution is 9.10. The number of hydrogen-bond donors (Lipinski definition) is 1. The Kier molecular flexibility index (Phi) is 8.00. The molecule has 0 bridgehead atoms. The van der Waals surface area contributed by atoms with Crippen molar-refractivity contribution in [2.45, 2.75) is 58.2 Å². The molecule has 0 amide bonds. The number of ether oxygens (including phenoxy) is 2. The lowest BCUT2D eigenvalue weighted by molar-refractivity contribution is 0.268. The molecule has 2 aromatic rings. The van der Waals surface area contributed by atoms with Crippen molar-refractivity contribution in [1.29, 1.82) is 0 Å². The van der Waals surface area contributed by atoms with Crippen LogP contribution >= 0.6 is 27.5 Å². The van der Waals surface area contributed by atoms with E-state index in [1.54, 1.807) is 6.07 Å². The Balaban J connectivity index is 1.70. The van der Waals surface area contributed by atoms with Crippen molar-refractivity contribution >= 4 is 27.5 Å². The minimum atomic E-state index is -0.360. The third kappa shape index (κ3) is 5.85. The first-order valence-electron chi connectivity index (χ1n) is 9.82. The van der Waals surface area contributed by atoms with Gasteiger partial charge in [-0.05, 0) is 49.6 Å². The van der Waals surface area contributed by atoms with E-state index in [9.17, 15) is 4.39 Å². The van der Waals surface area contributed by atoms with Crippen LogP contribution in [0.3, 0.4) is 0 Å². The number of halogens is 3. The van der Waals surface area contributed by atoms with E-state index in [-0.39, 0.29) is 12.4 Å². The highest BCUT2D eigenvalue weighted by atomic mass is 79.9. The molecule has 0 heterocycles. The second-order valence-corrected chi connectivity index (χ2v) is 8.33. The third-order valence-electron chi connectivity index (χ3n) is 5.00. The molecular formula is C22H26BrClFNO2. The fourth-order valence-corrected chi connectivity index (χ4v) is 4.13. The van der Waals surface area contributed by atoms with Gasteiger partial charge < -0.3 is 14.8 Å². The fraction of sp³-hybridized carbons (Fsp3) is 0.455. The van der Waals surface area contributed by atoms with Crippen molar-refractivity contribution in [1.82, 2.24) is 5.32 Å². The van der Waals surface area contributed by atoms with Crippen LogP contribution in [-0.2, 0) is 13.2 Å². The second-order valence-electron chi connectivity index (χ2n) is 7.06. The number of nitrogens with one attached hydrogen (secondary N) is 1. The van der Waals surface area contributed by atoms with E-state index in [1.807, 2.05) is 19.1 Å². The van der Waals surface area contributed by atoms with Gasteiger partial charge in [-0.25, -0.2) is 4.39 Å². The van der Waals surface area contributed by atoms with Gasteiger partial charge in [0.25, 0.3) is 0 Å². The summed E-state index contributed by atoms with van der Waals surface area (Å²) in [6, 6.07) is 8.84. The van der Waals surface area contributed by atoms with Gasteiger partial charge in [0.2, 0.25) is 0 Å². The largest absolute Gasteiger partial charge is 0.490 e. The SMILES string of the molecule is CCOc1cc(CNC2CCCCC2)c(Br)cc1OCc1ccc(F)cc1Cl. The van der Waals surface area contributed by atoms with Crippen LogP contribution in [0, 0.1) is 5.82 Å². The quantitative estimate of drug-likeness (QED) is 0.469. The first-order valence-corrected chi connectivity index (χ1v) is 11.0. The molecule has 3 nitrogen and oxygen atoms in total. The number of benzene rings is 2. The van der Waals surface area contributed by atoms with Gasteiger partial charge in [0, 0.05) is 22.6 Å².